The van der Waals surface area contributed by atoms with Crippen molar-refractivity contribution >= 4 is 16.2 Å². The van der Waals surface area contributed by atoms with Gasteiger partial charge in [0.25, 0.3) is 10.1 Å². The van der Waals surface area contributed by atoms with E-state index in [0.717, 1.165) is 6.26 Å². The second kappa shape index (κ2) is 5.44. The Morgan fingerprint density at radius 3 is 2.17 bits per heavy atom. The predicted molar refractivity (Wildman–Crippen MR) is 66.8 cm³/mol. The van der Waals surface area contributed by atoms with Crippen LogP contribution in [0.2, 0.25) is 0 Å². The molecular weight excluding hydrogens is 262 g/mol. The van der Waals surface area contributed by atoms with Crippen LogP contribution >= 0.6 is 0 Å². The number of ether oxygens (including phenoxy) is 1. The standard InChI is InChI=1S/C11H21NO5S/c1-11(2,3)16-10(13)12-7-5-9(6-8-12)17-18(4,14)15/h9H,5-8H2,1-4H3/i7+2,8+2. The topological polar surface area (TPSA) is 72.9 Å². The van der Waals surface area contributed by atoms with E-state index in [1.807, 2.05) is 20.8 Å². The Bertz CT molecular complexity index is 390. The molecule has 1 amide bonds. The summed E-state index contributed by atoms with van der Waals surface area (Å²) in [5.41, 5.74) is -0.517. The number of amides is 1. The molecule has 1 aliphatic heterocycles. The van der Waals surface area contributed by atoms with Gasteiger partial charge in [-0.25, -0.2) is 4.79 Å². The van der Waals surface area contributed by atoms with Crippen LogP contribution in [0.3, 0.4) is 0 Å². The summed E-state index contributed by atoms with van der Waals surface area (Å²) in [6.07, 6.45) is 1.35. The Morgan fingerprint density at radius 1 is 1.28 bits per heavy atom. The van der Waals surface area contributed by atoms with Crippen molar-refractivity contribution in [2.45, 2.75) is 45.3 Å². The van der Waals surface area contributed by atoms with Crippen molar-refractivity contribution < 1.29 is 22.1 Å². The fourth-order valence-electron chi connectivity index (χ4n) is 1.71. The normalized spacial score (nSPS) is 18.8. The maximum Gasteiger partial charge on any atom is 0.410 e. The molecule has 0 atom stereocenters. The molecule has 18 heavy (non-hydrogen) atoms. The van der Waals surface area contributed by atoms with E-state index in [1.165, 1.54) is 0 Å². The summed E-state index contributed by atoms with van der Waals surface area (Å²) in [6.45, 7) is 6.34. The highest BCUT2D eigenvalue weighted by Gasteiger charge is 2.28. The van der Waals surface area contributed by atoms with E-state index in [4.69, 9.17) is 8.92 Å². The van der Waals surface area contributed by atoms with Crippen molar-refractivity contribution in [3.8, 4) is 0 Å². The number of hydrogen-bond acceptors (Lipinski definition) is 5. The smallest absolute Gasteiger partial charge is 0.410 e. The zero-order valence-electron chi connectivity index (χ0n) is 11.3. The van der Waals surface area contributed by atoms with Crippen LogP contribution in [0.5, 0.6) is 0 Å². The lowest BCUT2D eigenvalue weighted by Crippen LogP contribution is -2.43. The predicted octanol–water partition coefficient (Wildman–Crippen LogP) is 1.36. The van der Waals surface area contributed by atoms with Gasteiger partial charge in [-0.2, -0.15) is 8.42 Å². The van der Waals surface area contributed by atoms with E-state index >= 15 is 0 Å². The number of likely N-dealkylation sites (tertiary alicyclic amines) is 1. The molecule has 0 aromatic carbocycles. The Hall–Kier alpha value is -0.820. The summed E-state index contributed by atoms with van der Waals surface area (Å²) in [5.74, 6) is 0. The highest BCUT2D eigenvalue weighted by atomic mass is 32.2. The first-order chi connectivity index (χ1) is 8.07. The number of carbonyl (C=O) groups is 1. The summed E-state index contributed by atoms with van der Waals surface area (Å²) >= 11 is 0. The zero-order chi connectivity index (χ0) is 14.0. The largest absolute Gasteiger partial charge is 0.444 e. The molecular formula is C11H21NO5S. The van der Waals surface area contributed by atoms with Crippen LogP contribution in [0.4, 0.5) is 4.79 Å². The van der Waals surface area contributed by atoms with Gasteiger partial charge in [0.05, 0.1) is 12.4 Å². The SMILES string of the molecule is CC(C)(C)OC(=O)N1[14CH2]CC(OS(C)(=O)=O)C[14CH2]1. The molecule has 0 unspecified atom stereocenters. The zero-order valence-corrected chi connectivity index (χ0v) is 12.1. The van der Waals surface area contributed by atoms with Gasteiger partial charge in [0, 0.05) is 13.1 Å². The van der Waals surface area contributed by atoms with E-state index in [9.17, 15) is 13.2 Å². The molecule has 0 spiro atoms. The van der Waals surface area contributed by atoms with E-state index in [1.54, 1.807) is 4.90 Å². The number of nitrogens with zero attached hydrogens (tertiary/aromatic N) is 1. The van der Waals surface area contributed by atoms with Crippen LogP contribution in [0, 0.1) is 0 Å². The lowest BCUT2D eigenvalue weighted by molar-refractivity contribution is 0.0134. The molecule has 1 aliphatic rings. The van der Waals surface area contributed by atoms with E-state index in [2.05, 4.69) is 0 Å². The van der Waals surface area contributed by atoms with Crippen molar-refractivity contribution in [3.05, 3.63) is 0 Å². The minimum atomic E-state index is -3.42. The van der Waals surface area contributed by atoms with Crippen molar-refractivity contribution in [1.82, 2.24) is 4.90 Å². The molecule has 106 valence electrons. The fourth-order valence-corrected chi connectivity index (χ4v) is 2.40. The van der Waals surface area contributed by atoms with Crippen LogP contribution in [0.15, 0.2) is 0 Å². The van der Waals surface area contributed by atoms with Gasteiger partial charge >= 0.3 is 6.09 Å². The second-order valence-electron chi connectivity index (χ2n) is 5.47. The van der Waals surface area contributed by atoms with Crippen LogP contribution < -0.4 is 0 Å². The van der Waals surface area contributed by atoms with Gasteiger partial charge in [0.15, 0.2) is 0 Å². The number of rotatable bonds is 2. The summed E-state index contributed by atoms with van der Waals surface area (Å²) in [6, 6.07) is 0. The molecule has 1 heterocycles. The summed E-state index contributed by atoms with van der Waals surface area (Å²) in [4.78, 5) is 13.3. The lowest BCUT2D eigenvalue weighted by atomic mass is 10.2. The highest BCUT2D eigenvalue weighted by molar-refractivity contribution is 7.86. The van der Waals surface area contributed by atoms with Gasteiger partial charge in [-0.1, -0.05) is 0 Å². The van der Waals surface area contributed by atoms with Crippen molar-refractivity contribution in [2.75, 3.05) is 19.3 Å². The van der Waals surface area contributed by atoms with E-state index in [0.29, 0.717) is 25.9 Å². The first kappa shape index (κ1) is 15.2. The van der Waals surface area contributed by atoms with Crippen molar-refractivity contribution in [1.29, 1.82) is 0 Å². The number of hydrogen-bond donors (Lipinski definition) is 0. The summed E-state index contributed by atoms with van der Waals surface area (Å²) in [7, 11) is -3.42. The van der Waals surface area contributed by atoms with Crippen molar-refractivity contribution in [2.24, 2.45) is 0 Å². The minimum Gasteiger partial charge on any atom is -0.444 e. The third-order valence-electron chi connectivity index (χ3n) is 2.40. The van der Waals surface area contributed by atoms with Crippen LogP contribution in [0.25, 0.3) is 0 Å². The van der Waals surface area contributed by atoms with Crippen LogP contribution in [-0.2, 0) is 19.0 Å². The molecule has 0 radical (unpaired) electrons. The third-order valence-corrected chi connectivity index (χ3v) is 3.03. The maximum absolute atomic E-state index is 11.8. The quantitative estimate of drug-likeness (QED) is 0.715. The molecule has 1 saturated heterocycles. The second-order valence-corrected chi connectivity index (χ2v) is 7.07. The summed E-state index contributed by atoms with van der Waals surface area (Å²) < 4.78 is 32.1. The molecule has 0 saturated carbocycles. The van der Waals surface area contributed by atoms with Crippen LogP contribution in [-0.4, -0.2) is 50.5 Å². The Kier molecular flexibility index (Phi) is 4.61. The minimum absolute atomic E-state index is 0.335. The first-order valence-electron chi connectivity index (χ1n) is 5.93. The van der Waals surface area contributed by atoms with E-state index in [-0.39, 0.29) is 12.2 Å². The number of piperidine rings is 1. The van der Waals surface area contributed by atoms with E-state index < -0.39 is 15.7 Å². The molecule has 0 aromatic rings. The molecule has 1 rings (SSSR count). The fraction of sp³-hybridized carbons (Fsp3) is 0.909. The van der Waals surface area contributed by atoms with Crippen molar-refractivity contribution in [3.63, 3.8) is 0 Å². The van der Waals surface area contributed by atoms with Gasteiger partial charge in [-0.15, -0.1) is 0 Å². The molecule has 7 heteroatoms. The molecule has 0 bridgehead atoms. The maximum atomic E-state index is 11.8. The first-order valence-corrected chi connectivity index (χ1v) is 7.75. The third kappa shape index (κ3) is 5.68. The monoisotopic (exact) mass is 283 g/mol. The highest BCUT2D eigenvalue weighted by Crippen LogP contribution is 2.18. The molecule has 0 aromatic heterocycles. The molecule has 1 fully saturated rings. The van der Waals surface area contributed by atoms with Gasteiger partial charge in [-0.3, -0.25) is 4.18 Å². The average molecular weight is 283 g/mol. The van der Waals surface area contributed by atoms with Gasteiger partial charge in [-0.05, 0) is 33.6 Å². The van der Waals surface area contributed by atoms with Gasteiger partial charge in [0.2, 0.25) is 0 Å². The Morgan fingerprint density at radius 2 is 1.78 bits per heavy atom. The van der Waals surface area contributed by atoms with Gasteiger partial charge < -0.3 is 9.64 Å². The number of carbonyl (C=O) groups excluding carboxylic acids is 1. The van der Waals surface area contributed by atoms with Crippen LogP contribution in [0.1, 0.15) is 33.6 Å². The lowest BCUT2D eigenvalue weighted by Gasteiger charge is -2.32. The average Bonchev–Trinajstić information content (AvgIpc) is 2.13. The Labute approximate surface area is 108 Å². The van der Waals surface area contributed by atoms with Gasteiger partial charge in [0.1, 0.15) is 5.60 Å². The Balaban J connectivity index is 2.42. The molecule has 0 N–H and O–H groups in total. The molecule has 0 aliphatic carbocycles. The molecule has 6 nitrogen and oxygen atoms in total. The summed E-state index contributed by atoms with van der Waals surface area (Å²) in [5, 5.41) is 0.